The number of rotatable bonds is 14. The fourth-order valence-electron chi connectivity index (χ4n) is 9.73. The van der Waals surface area contributed by atoms with Crippen LogP contribution in [0.4, 0.5) is 0 Å². The first-order valence-electron chi connectivity index (χ1n) is 26.7. The van der Waals surface area contributed by atoms with Gasteiger partial charge >= 0.3 is 17.9 Å². The van der Waals surface area contributed by atoms with Crippen molar-refractivity contribution in [1.29, 1.82) is 0 Å². The van der Waals surface area contributed by atoms with E-state index in [1.54, 1.807) is 33.9 Å². The molecule has 19 atom stereocenters. The number of carbonyl (C=O) groups excluding carboxylic acids is 2. The number of hydrogen-bond donors (Lipinski definition) is 12. The minimum atomic E-state index is -2.24. The van der Waals surface area contributed by atoms with Crippen molar-refractivity contribution in [3.63, 3.8) is 0 Å². The Morgan fingerprint density at radius 2 is 1.48 bits per heavy atom. The van der Waals surface area contributed by atoms with Gasteiger partial charge in [0.25, 0.3) is 0 Å². The maximum atomic E-state index is 13.5. The number of nitrogens with zero attached hydrogens (tertiary/aromatic N) is 1. The summed E-state index contributed by atoms with van der Waals surface area (Å²) in [4.78, 5) is 41.3. The molecule has 0 aromatic carbocycles. The lowest BCUT2D eigenvalue weighted by Crippen LogP contribution is -2.58. The molecule has 0 spiro atoms. The predicted octanol–water partition coefficient (Wildman–Crippen LogP) is 3.78. The molecule has 1 fully saturated rings. The van der Waals surface area contributed by atoms with Crippen LogP contribution in [0.25, 0.3) is 0 Å². The van der Waals surface area contributed by atoms with Gasteiger partial charge < -0.3 is 76.3 Å². The number of esters is 2. The van der Waals surface area contributed by atoms with Gasteiger partial charge in [-0.2, -0.15) is 0 Å². The van der Waals surface area contributed by atoms with Gasteiger partial charge in [-0.3, -0.25) is 14.6 Å². The van der Waals surface area contributed by atoms with Gasteiger partial charge in [0.05, 0.1) is 48.8 Å². The molecule has 0 aromatic heterocycles. The Bertz CT molecular complexity index is 1730. The van der Waals surface area contributed by atoms with Crippen molar-refractivity contribution in [2.24, 2.45) is 52.2 Å². The number of unbranched alkanes of at least 4 members (excludes halogenated alkanes) is 2. The molecule has 13 N–H and O–H groups in total. The van der Waals surface area contributed by atoms with Crippen molar-refractivity contribution in [1.82, 2.24) is 5.32 Å². The molecule has 73 heavy (non-hydrogen) atoms. The van der Waals surface area contributed by atoms with Crippen LogP contribution in [0.2, 0.25) is 0 Å². The van der Waals surface area contributed by atoms with E-state index < -0.39 is 121 Å². The van der Waals surface area contributed by atoms with Gasteiger partial charge in [0, 0.05) is 75.4 Å². The molecule has 19 nitrogen and oxygen atoms in total. The number of aliphatic hydroxyl groups excluding tert-OH is 8. The summed E-state index contributed by atoms with van der Waals surface area (Å²) in [5, 5.41) is 113. The van der Waals surface area contributed by atoms with Crippen LogP contribution < -0.4 is 11.1 Å². The Morgan fingerprint density at radius 3 is 2.14 bits per heavy atom. The molecule has 2 heterocycles. The van der Waals surface area contributed by atoms with Crippen LogP contribution in [0, 0.1) is 41.4 Å². The lowest BCUT2D eigenvalue weighted by molar-refractivity contribution is -0.327. The predicted molar refractivity (Wildman–Crippen MR) is 276 cm³/mol. The SMILES string of the molecule is CN=C(N)NCCCC=CCCCC(C)CC(C)C1OC(=O)C=CC(C)C(O)CC(O)C(C)C(O)CCC(C)CCC2(O)OC(CC(OC(=O)CC(=O)O)CC(O)CC(O)C(C)C(O)C=CC1C)CC(O)C2O. The molecule has 2 rings (SSSR count). The summed E-state index contributed by atoms with van der Waals surface area (Å²) in [5.74, 6) is -7.48. The van der Waals surface area contributed by atoms with E-state index >= 15 is 0 Å². The maximum absolute atomic E-state index is 13.5. The number of aliphatic hydroxyl groups is 9. The Kier molecular flexibility index (Phi) is 30.1. The van der Waals surface area contributed by atoms with Crippen molar-refractivity contribution in [3.05, 3.63) is 36.5 Å². The Labute approximate surface area is 434 Å². The number of hydrogen-bond acceptors (Lipinski definition) is 16. The van der Waals surface area contributed by atoms with E-state index in [1.807, 2.05) is 20.8 Å². The van der Waals surface area contributed by atoms with Gasteiger partial charge in [0.1, 0.15) is 24.7 Å². The number of fused-ring (bicyclic) bond motifs is 2. The Balaban J connectivity index is 2.38. The van der Waals surface area contributed by atoms with Crippen molar-refractivity contribution in [3.8, 4) is 0 Å². The van der Waals surface area contributed by atoms with Crippen LogP contribution in [-0.4, -0.2) is 161 Å². The molecule has 0 amide bonds. The zero-order valence-electron chi connectivity index (χ0n) is 44.8. The first-order valence-corrected chi connectivity index (χ1v) is 26.7. The van der Waals surface area contributed by atoms with E-state index in [9.17, 15) is 65.4 Å². The van der Waals surface area contributed by atoms with E-state index in [-0.39, 0.29) is 69.1 Å². The zero-order chi connectivity index (χ0) is 55.0. The minimum absolute atomic E-state index is 0.0783. The van der Waals surface area contributed by atoms with Crippen LogP contribution in [0.5, 0.6) is 0 Å². The first-order chi connectivity index (χ1) is 34.3. The van der Waals surface area contributed by atoms with Gasteiger partial charge in [-0.1, -0.05) is 85.3 Å². The number of carbonyl (C=O) groups is 3. The molecular formula is C54H95N3O16. The quantitative estimate of drug-likeness (QED) is 0.0294. The summed E-state index contributed by atoms with van der Waals surface area (Å²) in [5.41, 5.74) is 5.68. The number of nitrogens with one attached hydrogen (secondary N) is 1. The van der Waals surface area contributed by atoms with Gasteiger partial charge in [-0.25, -0.2) is 4.79 Å². The summed E-state index contributed by atoms with van der Waals surface area (Å²) in [6.07, 6.45) is 1.48. The van der Waals surface area contributed by atoms with Gasteiger partial charge in [-0.15, -0.1) is 0 Å². The second-order valence-corrected chi connectivity index (χ2v) is 21.6. The standard InChI is InChI=1S/C54H95N3O16/c1-32-16-19-42(59)38(7)46(63)30-44(61)34(3)18-21-49(67)72-51(36(5)25-33(2)15-13-11-9-10-12-14-24-57-53(55)56-8)35(4)17-20-43(60)37(6)45(62)27-39(58)26-40(71-50(68)31-48(65)66)28-41-29-47(64)52(69)54(70,73-41)23-22-32/h9-10,17-18,20-21,32-47,51-52,58-64,69-70H,11-16,19,22-31H2,1-8H3,(H,65,66)(H3,55,56,57). The van der Waals surface area contributed by atoms with Gasteiger partial charge in [0.2, 0.25) is 0 Å². The van der Waals surface area contributed by atoms with Gasteiger partial charge in [0.15, 0.2) is 11.7 Å². The van der Waals surface area contributed by atoms with E-state index in [0.29, 0.717) is 12.4 Å². The second-order valence-electron chi connectivity index (χ2n) is 21.6. The Hall–Kier alpha value is -3.50. The van der Waals surface area contributed by atoms with Crippen LogP contribution >= 0.6 is 0 Å². The molecule has 422 valence electrons. The minimum Gasteiger partial charge on any atom is -0.481 e. The number of carboxylic acids is 1. The number of guanidine groups is 1. The largest absolute Gasteiger partial charge is 0.481 e. The summed E-state index contributed by atoms with van der Waals surface area (Å²) in [7, 11) is 1.63. The molecule has 0 radical (unpaired) electrons. The third-order valence-electron chi connectivity index (χ3n) is 14.9. The van der Waals surface area contributed by atoms with Crippen molar-refractivity contribution >= 4 is 23.9 Å². The molecule has 0 aromatic rings. The molecule has 2 bridgehead atoms. The van der Waals surface area contributed by atoms with Crippen LogP contribution in [0.3, 0.4) is 0 Å². The van der Waals surface area contributed by atoms with Crippen LogP contribution in [0.1, 0.15) is 151 Å². The average Bonchev–Trinajstić information content (AvgIpc) is 3.32. The third-order valence-corrected chi connectivity index (χ3v) is 14.9. The monoisotopic (exact) mass is 1040 g/mol. The molecule has 2 aliphatic rings. The lowest BCUT2D eigenvalue weighted by atomic mass is 9.84. The molecular weight excluding hydrogens is 947 g/mol. The summed E-state index contributed by atoms with van der Waals surface area (Å²) in [6, 6.07) is 0. The fraction of sp³-hybridized carbons (Fsp3) is 0.815. The molecule has 19 unspecified atom stereocenters. The number of nitrogens with two attached hydrogens (primary N) is 1. The molecule has 0 saturated carbocycles. The van der Waals surface area contributed by atoms with Gasteiger partial charge in [-0.05, 0) is 75.5 Å². The topological polar surface area (TPSA) is 332 Å². The zero-order valence-corrected chi connectivity index (χ0v) is 44.8. The van der Waals surface area contributed by atoms with E-state index in [2.05, 4.69) is 29.4 Å². The number of aliphatic imine (C=N–C) groups is 1. The second kappa shape index (κ2) is 33.5. The normalized spacial score (nSPS) is 36.7. The van der Waals surface area contributed by atoms with Crippen LogP contribution in [0.15, 0.2) is 41.4 Å². The number of aliphatic carboxylic acids is 1. The van der Waals surface area contributed by atoms with Crippen molar-refractivity contribution in [2.75, 3.05) is 13.6 Å². The molecule has 0 aliphatic carbocycles. The highest BCUT2D eigenvalue weighted by Gasteiger charge is 2.48. The smallest absolute Gasteiger partial charge is 0.330 e. The number of ether oxygens (including phenoxy) is 3. The van der Waals surface area contributed by atoms with E-state index in [4.69, 9.17) is 19.9 Å². The molecule has 2 aliphatic heterocycles. The number of allylic oxidation sites excluding steroid dienone is 2. The average molecular weight is 1040 g/mol. The van der Waals surface area contributed by atoms with Crippen LogP contribution in [-0.2, 0) is 28.6 Å². The lowest BCUT2D eigenvalue weighted by Gasteiger charge is -2.44. The fourth-order valence-corrected chi connectivity index (χ4v) is 9.73. The van der Waals surface area contributed by atoms with Crippen molar-refractivity contribution < 1.29 is 79.7 Å². The Morgan fingerprint density at radius 1 is 0.822 bits per heavy atom. The highest BCUT2D eigenvalue weighted by molar-refractivity contribution is 5.90. The molecule has 1 saturated heterocycles. The maximum Gasteiger partial charge on any atom is 0.330 e. The first kappa shape index (κ1) is 65.6. The number of carboxylic acid groups (broad SMARTS) is 1. The summed E-state index contributed by atoms with van der Waals surface area (Å²) < 4.78 is 17.5. The third kappa shape index (κ3) is 24.8. The molecule has 19 heteroatoms. The van der Waals surface area contributed by atoms with E-state index in [1.165, 1.54) is 18.2 Å². The van der Waals surface area contributed by atoms with Crippen molar-refractivity contribution in [2.45, 2.75) is 224 Å². The summed E-state index contributed by atoms with van der Waals surface area (Å²) in [6.45, 7) is 13.6. The summed E-state index contributed by atoms with van der Waals surface area (Å²) >= 11 is 0. The highest BCUT2D eigenvalue weighted by atomic mass is 16.7. The van der Waals surface area contributed by atoms with E-state index in [0.717, 1.165) is 45.1 Å². The highest BCUT2D eigenvalue weighted by Crippen LogP contribution is 2.36. The number of cyclic esters (lactones) is 1.